The first-order valence-corrected chi connectivity index (χ1v) is 9.85. The minimum absolute atomic E-state index is 0.119. The van der Waals surface area contributed by atoms with E-state index < -0.39 is 0 Å². The fraction of sp³-hybridized carbons (Fsp3) is 0.583. The zero-order chi connectivity index (χ0) is 18.6. The topological polar surface area (TPSA) is 9.23 Å². The lowest BCUT2D eigenvalue weighted by Gasteiger charge is -2.41. The second kappa shape index (κ2) is 8.74. The molecule has 0 radical (unpaired) electrons. The molecule has 0 unspecified atom stereocenters. The molecule has 1 saturated carbocycles. The maximum Gasteiger partial charge on any atom is 0.120 e. The highest BCUT2D eigenvalue weighted by Gasteiger charge is 2.36. The number of benzene rings is 1. The van der Waals surface area contributed by atoms with Gasteiger partial charge in [-0.1, -0.05) is 63.6 Å². The van der Waals surface area contributed by atoms with Gasteiger partial charge in [0.1, 0.15) is 6.10 Å². The van der Waals surface area contributed by atoms with E-state index in [1.165, 1.54) is 36.0 Å². The highest BCUT2D eigenvalue weighted by Crippen LogP contribution is 2.41. The maximum absolute atomic E-state index is 6.26. The summed E-state index contributed by atoms with van der Waals surface area (Å²) < 4.78 is 6.26. The molecule has 0 bridgehead atoms. The normalized spacial score (nSPS) is 25.7. The molecule has 0 aromatic heterocycles. The number of hydrogen-bond acceptors (Lipinski definition) is 1. The predicted molar refractivity (Wildman–Crippen MR) is 109 cm³/mol. The van der Waals surface area contributed by atoms with Crippen molar-refractivity contribution in [3.63, 3.8) is 0 Å². The van der Waals surface area contributed by atoms with E-state index in [9.17, 15) is 0 Å². The van der Waals surface area contributed by atoms with Crippen molar-refractivity contribution in [2.45, 2.75) is 66.9 Å². The molecule has 138 valence electrons. The largest absolute Gasteiger partial charge is 0.491 e. The molecule has 0 N–H and O–H groups in total. The van der Waals surface area contributed by atoms with Crippen LogP contribution in [0, 0.1) is 30.6 Å². The third-order valence-corrected chi connectivity index (χ3v) is 5.75. The molecule has 1 aromatic carbocycles. The van der Waals surface area contributed by atoms with Crippen LogP contribution in [0.3, 0.4) is 0 Å². The lowest BCUT2D eigenvalue weighted by Crippen LogP contribution is -2.36. The number of rotatable bonds is 6. The Morgan fingerprint density at radius 2 is 1.76 bits per heavy atom. The maximum atomic E-state index is 6.26. The van der Waals surface area contributed by atoms with Gasteiger partial charge in [0.05, 0.1) is 5.76 Å². The summed E-state index contributed by atoms with van der Waals surface area (Å²) in [6.07, 6.45) is 6.38. The molecule has 1 nitrogen and oxygen atoms in total. The van der Waals surface area contributed by atoms with E-state index >= 15 is 0 Å². The minimum atomic E-state index is 0.119. The third-order valence-electron chi connectivity index (χ3n) is 5.75. The van der Waals surface area contributed by atoms with Crippen LogP contribution in [0.2, 0.25) is 0 Å². The molecular weight excluding hydrogens is 304 g/mol. The SMILES string of the molecule is C=C(C)O[C@H](/C=C(\C)c1ccc(C)cc1)[C@@H]1C[C@H](C)CC[C@H]1C(C)C. The Balaban J connectivity index is 2.31. The zero-order valence-corrected chi connectivity index (χ0v) is 17.0. The Morgan fingerprint density at radius 1 is 1.12 bits per heavy atom. The summed E-state index contributed by atoms with van der Waals surface area (Å²) in [5.74, 6) is 3.59. The average molecular weight is 341 g/mol. The predicted octanol–water partition coefficient (Wildman–Crippen LogP) is 7.03. The average Bonchev–Trinajstić information content (AvgIpc) is 2.54. The van der Waals surface area contributed by atoms with Gasteiger partial charge in [-0.25, -0.2) is 0 Å². The van der Waals surface area contributed by atoms with Crippen LogP contribution >= 0.6 is 0 Å². The van der Waals surface area contributed by atoms with Gasteiger partial charge in [0.15, 0.2) is 0 Å². The summed E-state index contributed by atoms with van der Waals surface area (Å²) in [5.41, 5.74) is 3.88. The molecule has 0 saturated heterocycles. The second-order valence-electron chi connectivity index (χ2n) is 8.49. The summed E-state index contributed by atoms with van der Waals surface area (Å²) in [5, 5.41) is 0. The van der Waals surface area contributed by atoms with Gasteiger partial charge in [-0.2, -0.15) is 0 Å². The van der Waals surface area contributed by atoms with E-state index in [4.69, 9.17) is 4.74 Å². The molecule has 1 heteroatoms. The molecular formula is C24H36O. The number of ether oxygens (including phenoxy) is 1. The Hall–Kier alpha value is -1.50. The highest BCUT2D eigenvalue weighted by atomic mass is 16.5. The van der Waals surface area contributed by atoms with Crippen molar-refractivity contribution in [3.8, 4) is 0 Å². The molecule has 0 spiro atoms. The van der Waals surface area contributed by atoms with Gasteiger partial charge in [-0.05, 0) is 68.6 Å². The van der Waals surface area contributed by atoms with Crippen LogP contribution < -0.4 is 0 Å². The first kappa shape index (κ1) is 19.8. The van der Waals surface area contributed by atoms with Crippen LogP contribution in [0.1, 0.15) is 65.0 Å². The van der Waals surface area contributed by atoms with Crippen LogP contribution in [0.4, 0.5) is 0 Å². The van der Waals surface area contributed by atoms with Crippen molar-refractivity contribution in [1.29, 1.82) is 0 Å². The van der Waals surface area contributed by atoms with Gasteiger partial charge in [0.25, 0.3) is 0 Å². The van der Waals surface area contributed by atoms with Crippen molar-refractivity contribution in [3.05, 3.63) is 53.8 Å². The lowest BCUT2D eigenvalue weighted by atomic mass is 9.67. The fourth-order valence-electron chi connectivity index (χ4n) is 4.29. The van der Waals surface area contributed by atoms with Crippen molar-refractivity contribution in [2.75, 3.05) is 0 Å². The van der Waals surface area contributed by atoms with Crippen LogP contribution in [-0.2, 0) is 4.74 Å². The first-order valence-electron chi connectivity index (χ1n) is 9.85. The molecule has 25 heavy (non-hydrogen) atoms. The Labute approximate surface area is 155 Å². The number of allylic oxidation sites excluding steroid dienone is 2. The van der Waals surface area contributed by atoms with E-state index in [1.807, 2.05) is 6.92 Å². The molecule has 2 rings (SSSR count). The van der Waals surface area contributed by atoms with Crippen LogP contribution in [-0.4, -0.2) is 6.10 Å². The third kappa shape index (κ3) is 5.49. The van der Waals surface area contributed by atoms with E-state index in [1.54, 1.807) is 0 Å². The zero-order valence-electron chi connectivity index (χ0n) is 17.0. The smallest absolute Gasteiger partial charge is 0.120 e. The van der Waals surface area contributed by atoms with Gasteiger partial charge in [0, 0.05) is 5.92 Å². The fourth-order valence-corrected chi connectivity index (χ4v) is 4.29. The molecule has 1 aromatic rings. The summed E-state index contributed by atoms with van der Waals surface area (Å²) in [6.45, 7) is 17.4. The standard InChI is InChI=1S/C24H36O/c1-16(2)22-13-10-19(6)14-23(22)24(25-17(3)4)15-20(7)21-11-8-18(5)9-12-21/h8-9,11-12,15-16,19,22-24H,3,10,13-14H2,1-2,4-7H3/b20-15+/t19-,22+,23-,24-/m1/s1. The van der Waals surface area contributed by atoms with Gasteiger partial charge in [-0.3, -0.25) is 0 Å². The number of hydrogen-bond donors (Lipinski definition) is 0. The second-order valence-corrected chi connectivity index (χ2v) is 8.49. The first-order chi connectivity index (χ1) is 11.8. The monoisotopic (exact) mass is 340 g/mol. The molecule has 0 aliphatic heterocycles. The Morgan fingerprint density at radius 3 is 2.32 bits per heavy atom. The van der Waals surface area contributed by atoms with Crippen molar-refractivity contribution in [2.24, 2.45) is 23.7 Å². The van der Waals surface area contributed by atoms with Crippen LogP contribution in [0.5, 0.6) is 0 Å². The molecule has 4 atom stereocenters. The van der Waals surface area contributed by atoms with Crippen LogP contribution in [0.15, 0.2) is 42.7 Å². The molecule has 0 amide bonds. The Kier molecular flexibility index (Phi) is 6.93. The summed E-state index contributed by atoms with van der Waals surface area (Å²) in [6, 6.07) is 8.78. The summed E-state index contributed by atoms with van der Waals surface area (Å²) in [4.78, 5) is 0. The molecule has 1 aliphatic rings. The molecule has 0 heterocycles. The van der Waals surface area contributed by atoms with Gasteiger partial charge in [0.2, 0.25) is 0 Å². The highest BCUT2D eigenvalue weighted by molar-refractivity contribution is 5.64. The van der Waals surface area contributed by atoms with Crippen molar-refractivity contribution in [1.82, 2.24) is 0 Å². The van der Waals surface area contributed by atoms with Crippen LogP contribution in [0.25, 0.3) is 5.57 Å². The summed E-state index contributed by atoms with van der Waals surface area (Å²) >= 11 is 0. The minimum Gasteiger partial charge on any atom is -0.491 e. The quantitative estimate of drug-likeness (QED) is 0.505. The molecule has 1 fully saturated rings. The van der Waals surface area contributed by atoms with Gasteiger partial charge < -0.3 is 4.74 Å². The van der Waals surface area contributed by atoms with E-state index in [2.05, 4.69) is 71.5 Å². The van der Waals surface area contributed by atoms with E-state index in [0.29, 0.717) is 11.8 Å². The van der Waals surface area contributed by atoms with Gasteiger partial charge >= 0.3 is 0 Å². The van der Waals surface area contributed by atoms with E-state index in [-0.39, 0.29) is 6.10 Å². The lowest BCUT2D eigenvalue weighted by molar-refractivity contribution is 0.0219. The molecule has 1 aliphatic carbocycles. The van der Waals surface area contributed by atoms with Crippen molar-refractivity contribution < 1.29 is 4.74 Å². The van der Waals surface area contributed by atoms with Gasteiger partial charge in [-0.15, -0.1) is 0 Å². The Bertz CT molecular complexity index is 593. The summed E-state index contributed by atoms with van der Waals surface area (Å²) in [7, 11) is 0. The number of aryl methyl sites for hydroxylation is 1. The van der Waals surface area contributed by atoms with E-state index in [0.717, 1.165) is 17.6 Å². The van der Waals surface area contributed by atoms with Crippen molar-refractivity contribution >= 4 is 5.57 Å².